The molecule has 0 aliphatic carbocycles. The molecule has 1 aliphatic heterocycles. The van der Waals surface area contributed by atoms with Gasteiger partial charge in [-0.05, 0) is 70.6 Å². The molecule has 1 fully saturated rings. The fourth-order valence-corrected chi connectivity index (χ4v) is 3.16. The van der Waals surface area contributed by atoms with Gasteiger partial charge in [-0.3, -0.25) is 4.79 Å². The molecule has 0 unspecified atom stereocenters. The first kappa shape index (κ1) is 18.7. The van der Waals surface area contributed by atoms with Gasteiger partial charge in [0.2, 0.25) is 0 Å². The number of esters is 1. The highest BCUT2D eigenvalue weighted by Gasteiger charge is 2.52. The third-order valence-corrected chi connectivity index (χ3v) is 5.36. The Bertz CT molecular complexity index is 690. The minimum absolute atomic E-state index is 0.398. The maximum Gasteiger partial charge on any atom is 0.495 e. The van der Waals surface area contributed by atoms with E-state index in [1.165, 1.54) is 7.11 Å². The van der Waals surface area contributed by atoms with Crippen molar-refractivity contribution in [2.75, 3.05) is 7.11 Å². The van der Waals surface area contributed by atoms with Gasteiger partial charge < -0.3 is 14.0 Å². The van der Waals surface area contributed by atoms with Crippen molar-refractivity contribution in [2.45, 2.75) is 59.7 Å². The summed E-state index contributed by atoms with van der Waals surface area (Å²) in [5.74, 6) is -0.467. The predicted molar refractivity (Wildman–Crippen MR) is 93.1 cm³/mol. The van der Waals surface area contributed by atoms with Gasteiger partial charge in [-0.25, -0.2) is 4.79 Å². The van der Waals surface area contributed by atoms with Gasteiger partial charge in [-0.2, -0.15) is 0 Å². The van der Waals surface area contributed by atoms with E-state index in [-0.39, 0.29) is 0 Å². The summed E-state index contributed by atoms with van der Waals surface area (Å²) in [5, 5.41) is 0. The number of methoxy groups -OCH3 is 1. The SMILES string of the molecule is COC(=O)c1c(C)c(C=O)c(C)c(B2OC(C)(C)C(C)(C)O2)c1C. The summed E-state index contributed by atoms with van der Waals surface area (Å²) in [5.41, 5.74) is 2.70. The molecule has 0 amide bonds. The molecule has 0 N–H and O–H groups in total. The van der Waals surface area contributed by atoms with Crippen LogP contribution in [0, 0.1) is 20.8 Å². The lowest BCUT2D eigenvalue weighted by molar-refractivity contribution is 0.00578. The summed E-state index contributed by atoms with van der Waals surface area (Å²) in [7, 11) is 0.688. The summed E-state index contributed by atoms with van der Waals surface area (Å²) in [6, 6.07) is 0. The average molecular weight is 332 g/mol. The first-order valence-corrected chi connectivity index (χ1v) is 8.01. The van der Waals surface area contributed by atoms with E-state index in [1.54, 1.807) is 6.92 Å². The van der Waals surface area contributed by atoms with Crippen molar-refractivity contribution in [2.24, 2.45) is 0 Å². The van der Waals surface area contributed by atoms with Crippen LogP contribution in [0.25, 0.3) is 0 Å². The Morgan fingerprint density at radius 3 is 1.92 bits per heavy atom. The van der Waals surface area contributed by atoms with Crippen molar-refractivity contribution in [3.63, 3.8) is 0 Å². The normalized spacial score (nSPS) is 18.6. The van der Waals surface area contributed by atoms with Crippen LogP contribution in [0.3, 0.4) is 0 Å². The lowest BCUT2D eigenvalue weighted by Gasteiger charge is -2.32. The Morgan fingerprint density at radius 1 is 1.00 bits per heavy atom. The Kier molecular flexibility index (Phi) is 4.68. The molecule has 1 aromatic carbocycles. The molecule has 0 radical (unpaired) electrons. The predicted octanol–water partition coefficient (Wildman–Crippen LogP) is 2.51. The first-order valence-electron chi connectivity index (χ1n) is 8.01. The van der Waals surface area contributed by atoms with Crippen LogP contribution in [-0.2, 0) is 14.0 Å². The molecule has 24 heavy (non-hydrogen) atoms. The third-order valence-electron chi connectivity index (χ3n) is 5.36. The van der Waals surface area contributed by atoms with E-state index in [4.69, 9.17) is 14.0 Å². The number of benzene rings is 1. The van der Waals surface area contributed by atoms with Crippen molar-refractivity contribution in [3.8, 4) is 0 Å². The summed E-state index contributed by atoms with van der Waals surface area (Å²) < 4.78 is 17.2. The van der Waals surface area contributed by atoms with Crippen LogP contribution in [0.4, 0.5) is 0 Å². The van der Waals surface area contributed by atoms with Crippen LogP contribution in [0.15, 0.2) is 0 Å². The monoisotopic (exact) mass is 332 g/mol. The first-order chi connectivity index (χ1) is 11.0. The summed E-state index contributed by atoms with van der Waals surface area (Å²) in [6.07, 6.45) is 0.769. The number of ether oxygens (including phenoxy) is 1. The maximum absolute atomic E-state index is 12.2. The van der Waals surface area contributed by atoms with Crippen LogP contribution < -0.4 is 5.46 Å². The second-order valence-electron chi connectivity index (χ2n) is 7.28. The number of hydrogen-bond donors (Lipinski definition) is 0. The van der Waals surface area contributed by atoms with E-state index < -0.39 is 24.3 Å². The Labute approximate surface area is 143 Å². The average Bonchev–Trinajstić information content (AvgIpc) is 2.67. The summed E-state index contributed by atoms with van der Waals surface area (Å²) in [6.45, 7) is 13.3. The molecule has 0 atom stereocenters. The zero-order valence-corrected chi connectivity index (χ0v) is 15.7. The second-order valence-corrected chi connectivity index (χ2v) is 7.28. The standard InChI is InChI=1S/C18H25BO5/c1-10-13(9-20)11(2)15(12(3)14(10)16(21)22-8)19-23-17(4,5)18(6,7)24-19/h9H,1-8H3. The van der Waals surface area contributed by atoms with E-state index in [9.17, 15) is 9.59 Å². The molecule has 0 bridgehead atoms. The largest absolute Gasteiger partial charge is 0.495 e. The van der Waals surface area contributed by atoms with Gasteiger partial charge in [0.25, 0.3) is 0 Å². The quantitative estimate of drug-likeness (QED) is 0.483. The topological polar surface area (TPSA) is 61.8 Å². The molecular formula is C18H25BO5. The van der Waals surface area contributed by atoms with Crippen LogP contribution in [0.1, 0.15) is 65.1 Å². The van der Waals surface area contributed by atoms with Gasteiger partial charge in [0.1, 0.15) is 0 Å². The number of carbonyl (C=O) groups is 2. The molecule has 0 saturated carbocycles. The highest BCUT2D eigenvalue weighted by atomic mass is 16.7. The number of rotatable bonds is 3. The van der Waals surface area contributed by atoms with Crippen LogP contribution in [0.5, 0.6) is 0 Å². The molecule has 0 spiro atoms. The highest BCUT2D eigenvalue weighted by Crippen LogP contribution is 2.37. The molecule has 1 aromatic rings. The van der Waals surface area contributed by atoms with Crippen molar-refractivity contribution >= 4 is 24.8 Å². The Hall–Kier alpha value is -1.66. The summed E-state index contributed by atoms with van der Waals surface area (Å²) >= 11 is 0. The second kappa shape index (κ2) is 6.01. The van der Waals surface area contributed by atoms with Crippen molar-refractivity contribution in [1.82, 2.24) is 0 Å². The Morgan fingerprint density at radius 2 is 1.50 bits per heavy atom. The molecule has 1 aliphatic rings. The zero-order chi connectivity index (χ0) is 18.4. The van der Waals surface area contributed by atoms with Gasteiger partial charge in [0.15, 0.2) is 6.29 Å². The molecule has 1 saturated heterocycles. The van der Waals surface area contributed by atoms with Gasteiger partial charge in [-0.15, -0.1) is 0 Å². The molecule has 0 aromatic heterocycles. The molecular weight excluding hydrogens is 307 g/mol. The fraction of sp³-hybridized carbons (Fsp3) is 0.556. The van der Waals surface area contributed by atoms with Crippen LogP contribution in [0.2, 0.25) is 0 Å². The molecule has 1 heterocycles. The Balaban J connectivity index is 2.72. The third kappa shape index (κ3) is 2.68. The summed E-state index contributed by atoms with van der Waals surface area (Å²) in [4.78, 5) is 23.8. The maximum atomic E-state index is 12.2. The lowest BCUT2D eigenvalue weighted by Crippen LogP contribution is -2.41. The van der Waals surface area contributed by atoms with E-state index in [0.29, 0.717) is 16.7 Å². The van der Waals surface area contributed by atoms with Gasteiger partial charge in [0.05, 0.1) is 23.9 Å². The van der Waals surface area contributed by atoms with Gasteiger partial charge >= 0.3 is 13.1 Å². The van der Waals surface area contributed by atoms with E-state index in [1.807, 2.05) is 41.5 Å². The number of carbonyl (C=O) groups excluding carboxylic acids is 2. The van der Waals surface area contributed by atoms with E-state index >= 15 is 0 Å². The smallest absolute Gasteiger partial charge is 0.465 e. The molecule has 6 heteroatoms. The van der Waals surface area contributed by atoms with Gasteiger partial charge in [-0.1, -0.05) is 0 Å². The van der Waals surface area contributed by atoms with E-state index in [0.717, 1.165) is 22.9 Å². The lowest BCUT2D eigenvalue weighted by atomic mass is 9.70. The minimum atomic E-state index is -0.641. The number of hydrogen-bond acceptors (Lipinski definition) is 5. The van der Waals surface area contributed by atoms with Crippen molar-refractivity contribution in [1.29, 1.82) is 0 Å². The molecule has 2 rings (SSSR count). The number of aldehydes is 1. The fourth-order valence-electron chi connectivity index (χ4n) is 3.16. The highest BCUT2D eigenvalue weighted by molar-refractivity contribution is 6.63. The van der Waals surface area contributed by atoms with E-state index in [2.05, 4.69) is 0 Å². The molecule has 5 nitrogen and oxygen atoms in total. The molecule has 130 valence electrons. The van der Waals surface area contributed by atoms with Crippen molar-refractivity contribution in [3.05, 3.63) is 27.8 Å². The van der Waals surface area contributed by atoms with Crippen molar-refractivity contribution < 1.29 is 23.6 Å². The van der Waals surface area contributed by atoms with Crippen LogP contribution >= 0.6 is 0 Å². The zero-order valence-electron chi connectivity index (χ0n) is 15.7. The minimum Gasteiger partial charge on any atom is -0.465 e. The van der Waals surface area contributed by atoms with Gasteiger partial charge in [0, 0.05) is 5.56 Å². The van der Waals surface area contributed by atoms with Crippen LogP contribution in [-0.4, -0.2) is 37.7 Å².